The van der Waals surface area contributed by atoms with Crippen LogP contribution in [0.15, 0.2) is 24.5 Å². The predicted molar refractivity (Wildman–Crippen MR) is 52.8 cm³/mol. The minimum atomic E-state index is -0.640. The molecule has 2 N–H and O–H groups in total. The van der Waals surface area contributed by atoms with Gasteiger partial charge in [0.05, 0.1) is 11.4 Å². The highest BCUT2D eigenvalue weighted by Crippen LogP contribution is 2.14. The van der Waals surface area contributed by atoms with Gasteiger partial charge in [0, 0.05) is 19.4 Å². The molecule has 6 nitrogen and oxygen atoms in total. The van der Waals surface area contributed by atoms with Gasteiger partial charge in [-0.25, -0.2) is 9.97 Å². The van der Waals surface area contributed by atoms with Gasteiger partial charge in [-0.1, -0.05) is 0 Å². The molecule has 2 heterocycles. The number of aromatic nitrogens is 4. The summed E-state index contributed by atoms with van der Waals surface area (Å²) in [5.74, 6) is -0.632. The summed E-state index contributed by atoms with van der Waals surface area (Å²) in [5, 5.41) is 4.01. The maximum Gasteiger partial charge on any atom is 0.286 e. The first-order valence-electron chi connectivity index (χ1n) is 4.29. The second-order valence-electron chi connectivity index (χ2n) is 2.97. The molecule has 0 aliphatic heterocycles. The zero-order chi connectivity index (χ0) is 10.8. The Morgan fingerprint density at radius 3 is 2.80 bits per heavy atom. The van der Waals surface area contributed by atoms with Crippen LogP contribution in [0.4, 0.5) is 0 Å². The quantitative estimate of drug-likeness (QED) is 0.742. The van der Waals surface area contributed by atoms with E-state index in [0.29, 0.717) is 5.69 Å². The molecule has 0 aromatic carbocycles. The first-order chi connectivity index (χ1) is 7.18. The molecule has 6 heteroatoms. The van der Waals surface area contributed by atoms with E-state index in [1.807, 2.05) is 0 Å². The largest absolute Gasteiger partial charge is 0.363 e. The van der Waals surface area contributed by atoms with Crippen LogP contribution in [0.5, 0.6) is 0 Å². The zero-order valence-electron chi connectivity index (χ0n) is 8.08. The maximum atomic E-state index is 10.9. The van der Waals surface area contributed by atoms with Crippen LogP contribution in [-0.2, 0) is 7.05 Å². The Bertz CT molecular complexity index is 505. The summed E-state index contributed by atoms with van der Waals surface area (Å²) < 4.78 is 1.66. The van der Waals surface area contributed by atoms with E-state index in [-0.39, 0.29) is 5.82 Å². The molecular formula is C9H9N5O. The van der Waals surface area contributed by atoms with Crippen molar-refractivity contribution < 1.29 is 4.79 Å². The minimum Gasteiger partial charge on any atom is -0.363 e. The van der Waals surface area contributed by atoms with Gasteiger partial charge in [-0.2, -0.15) is 5.10 Å². The van der Waals surface area contributed by atoms with Crippen molar-refractivity contribution in [3.8, 4) is 11.4 Å². The van der Waals surface area contributed by atoms with Crippen molar-refractivity contribution in [3.63, 3.8) is 0 Å². The molecule has 0 saturated heterocycles. The summed E-state index contributed by atoms with van der Waals surface area (Å²) >= 11 is 0. The molecule has 0 radical (unpaired) electrons. The van der Waals surface area contributed by atoms with Crippen LogP contribution >= 0.6 is 0 Å². The third-order valence-corrected chi connectivity index (χ3v) is 1.96. The second-order valence-corrected chi connectivity index (χ2v) is 2.97. The fourth-order valence-electron chi connectivity index (χ4n) is 1.25. The van der Waals surface area contributed by atoms with Gasteiger partial charge >= 0.3 is 0 Å². The number of hydrogen-bond acceptors (Lipinski definition) is 4. The fraction of sp³-hybridized carbons (Fsp3) is 0.111. The molecule has 76 valence electrons. The predicted octanol–water partition coefficient (Wildman–Crippen LogP) is -0.0240. The molecule has 0 aliphatic carbocycles. The van der Waals surface area contributed by atoms with E-state index in [4.69, 9.17) is 5.73 Å². The van der Waals surface area contributed by atoms with E-state index in [1.165, 1.54) is 6.20 Å². The molecule has 2 aromatic heterocycles. The van der Waals surface area contributed by atoms with Crippen LogP contribution in [0.25, 0.3) is 11.4 Å². The standard InChI is InChI=1S/C9H9N5O/c1-14-7(3-5-12-14)6-2-4-11-9(13-6)8(10)15/h2-5H,1H3,(H2,10,15). The van der Waals surface area contributed by atoms with Gasteiger partial charge in [-0.3, -0.25) is 9.48 Å². The van der Waals surface area contributed by atoms with Crippen LogP contribution in [0, 0.1) is 0 Å². The van der Waals surface area contributed by atoms with Gasteiger partial charge < -0.3 is 5.73 Å². The van der Waals surface area contributed by atoms with Gasteiger partial charge in [-0.15, -0.1) is 0 Å². The summed E-state index contributed by atoms with van der Waals surface area (Å²) in [5.41, 5.74) is 6.52. The molecule has 0 saturated carbocycles. The molecule has 1 amide bonds. The van der Waals surface area contributed by atoms with Crippen LogP contribution < -0.4 is 5.73 Å². The number of nitrogens with zero attached hydrogens (tertiary/aromatic N) is 4. The van der Waals surface area contributed by atoms with Gasteiger partial charge in [0.1, 0.15) is 0 Å². The molecular weight excluding hydrogens is 194 g/mol. The lowest BCUT2D eigenvalue weighted by atomic mass is 10.3. The summed E-state index contributed by atoms with van der Waals surface area (Å²) in [4.78, 5) is 18.7. The van der Waals surface area contributed by atoms with Crippen molar-refractivity contribution >= 4 is 5.91 Å². The monoisotopic (exact) mass is 203 g/mol. The summed E-state index contributed by atoms with van der Waals surface area (Å²) in [7, 11) is 1.79. The Kier molecular flexibility index (Phi) is 2.17. The average Bonchev–Trinajstić information content (AvgIpc) is 2.64. The van der Waals surface area contributed by atoms with Crippen molar-refractivity contribution in [1.82, 2.24) is 19.7 Å². The topological polar surface area (TPSA) is 86.7 Å². The molecule has 0 fully saturated rings. The number of aryl methyl sites for hydroxylation is 1. The van der Waals surface area contributed by atoms with Gasteiger partial charge in [0.2, 0.25) is 5.82 Å². The number of primary amides is 1. The first kappa shape index (κ1) is 9.32. The van der Waals surface area contributed by atoms with Crippen LogP contribution in [0.2, 0.25) is 0 Å². The molecule has 0 aliphatic rings. The highest BCUT2D eigenvalue weighted by atomic mass is 16.1. The minimum absolute atomic E-state index is 0.00806. The van der Waals surface area contributed by atoms with E-state index < -0.39 is 5.91 Å². The molecule has 2 rings (SSSR count). The van der Waals surface area contributed by atoms with Crippen LogP contribution in [0.1, 0.15) is 10.6 Å². The SMILES string of the molecule is Cn1nccc1-c1ccnc(C(N)=O)n1. The maximum absolute atomic E-state index is 10.9. The smallest absolute Gasteiger partial charge is 0.286 e. The summed E-state index contributed by atoms with van der Waals surface area (Å²) in [6.45, 7) is 0. The summed E-state index contributed by atoms with van der Waals surface area (Å²) in [6, 6.07) is 3.50. The van der Waals surface area contributed by atoms with Crippen molar-refractivity contribution in [2.24, 2.45) is 12.8 Å². The van der Waals surface area contributed by atoms with E-state index in [2.05, 4.69) is 15.1 Å². The number of rotatable bonds is 2. The Morgan fingerprint density at radius 1 is 1.40 bits per heavy atom. The summed E-state index contributed by atoms with van der Waals surface area (Å²) in [6.07, 6.45) is 3.15. The third kappa shape index (κ3) is 1.69. The molecule has 15 heavy (non-hydrogen) atoms. The van der Waals surface area contributed by atoms with Crippen molar-refractivity contribution in [2.75, 3.05) is 0 Å². The average molecular weight is 203 g/mol. The van der Waals surface area contributed by atoms with Crippen molar-refractivity contribution in [3.05, 3.63) is 30.4 Å². The Morgan fingerprint density at radius 2 is 2.20 bits per heavy atom. The number of carbonyl (C=O) groups is 1. The molecule has 2 aromatic rings. The van der Waals surface area contributed by atoms with E-state index in [9.17, 15) is 4.79 Å². The van der Waals surface area contributed by atoms with Gasteiger partial charge in [-0.05, 0) is 12.1 Å². The molecule has 0 unspecified atom stereocenters. The molecule has 0 bridgehead atoms. The fourth-order valence-corrected chi connectivity index (χ4v) is 1.25. The number of hydrogen-bond donors (Lipinski definition) is 1. The number of amides is 1. The Hall–Kier alpha value is -2.24. The molecule has 0 atom stereocenters. The van der Waals surface area contributed by atoms with Crippen molar-refractivity contribution in [1.29, 1.82) is 0 Å². The highest BCUT2D eigenvalue weighted by Gasteiger charge is 2.08. The first-order valence-corrected chi connectivity index (χ1v) is 4.29. The highest BCUT2D eigenvalue weighted by molar-refractivity contribution is 5.89. The second kappa shape index (κ2) is 3.49. The van der Waals surface area contributed by atoms with E-state index in [0.717, 1.165) is 5.69 Å². The lowest BCUT2D eigenvalue weighted by Gasteiger charge is -2.01. The van der Waals surface area contributed by atoms with Gasteiger partial charge in [0.15, 0.2) is 0 Å². The lowest BCUT2D eigenvalue weighted by molar-refractivity contribution is 0.0990. The van der Waals surface area contributed by atoms with Crippen LogP contribution in [-0.4, -0.2) is 25.7 Å². The normalized spacial score (nSPS) is 10.2. The van der Waals surface area contributed by atoms with Crippen molar-refractivity contribution in [2.45, 2.75) is 0 Å². The zero-order valence-corrected chi connectivity index (χ0v) is 8.08. The number of nitrogens with two attached hydrogens (primary N) is 1. The Balaban J connectivity index is 2.50. The Labute approximate surface area is 85.8 Å². The third-order valence-electron chi connectivity index (χ3n) is 1.96. The molecule has 0 spiro atoms. The van der Waals surface area contributed by atoms with Crippen LogP contribution in [0.3, 0.4) is 0 Å². The number of carbonyl (C=O) groups excluding carboxylic acids is 1. The van der Waals surface area contributed by atoms with E-state index >= 15 is 0 Å². The van der Waals surface area contributed by atoms with E-state index in [1.54, 1.807) is 30.1 Å². The lowest BCUT2D eigenvalue weighted by Crippen LogP contribution is -2.15. The van der Waals surface area contributed by atoms with Gasteiger partial charge in [0.25, 0.3) is 5.91 Å².